The summed E-state index contributed by atoms with van der Waals surface area (Å²) in [5, 5.41) is 8.57. The number of halogens is 1. The average molecular weight is 253 g/mol. The van der Waals surface area contributed by atoms with E-state index in [4.69, 9.17) is 21.6 Å². The fraction of sp³-hybridized carbons (Fsp3) is 0.333. The van der Waals surface area contributed by atoms with Crippen LogP contribution in [0.1, 0.15) is 6.42 Å². The van der Waals surface area contributed by atoms with E-state index in [1.807, 2.05) is 6.07 Å². The van der Waals surface area contributed by atoms with Crippen molar-refractivity contribution in [3.05, 3.63) is 24.3 Å². The second kappa shape index (κ2) is 6.77. The van der Waals surface area contributed by atoms with E-state index < -0.39 is 0 Å². The fourth-order valence-corrected chi connectivity index (χ4v) is 1.55. The number of nitriles is 1. The highest BCUT2D eigenvalue weighted by Gasteiger charge is 2.14. The number of carbonyl (C=O) groups excluding carboxylic acids is 1. The molecule has 0 aliphatic heterocycles. The monoisotopic (exact) mass is 252 g/mol. The van der Waals surface area contributed by atoms with Crippen LogP contribution in [0.3, 0.4) is 0 Å². The Bertz CT molecular complexity index is 429. The number of ether oxygens (including phenoxy) is 1. The normalized spacial score (nSPS) is 9.47. The van der Waals surface area contributed by atoms with Gasteiger partial charge in [-0.15, -0.1) is 11.6 Å². The fourth-order valence-electron chi connectivity index (χ4n) is 1.41. The zero-order valence-corrected chi connectivity index (χ0v) is 10.3. The van der Waals surface area contributed by atoms with Crippen molar-refractivity contribution in [3.63, 3.8) is 0 Å². The predicted octanol–water partition coefficient (Wildman–Crippen LogP) is 2.18. The summed E-state index contributed by atoms with van der Waals surface area (Å²) in [5.41, 5.74) is 0.685. The van der Waals surface area contributed by atoms with Crippen LogP contribution in [0.15, 0.2) is 24.3 Å². The topological polar surface area (TPSA) is 53.3 Å². The number of carbonyl (C=O) groups is 1. The van der Waals surface area contributed by atoms with E-state index in [-0.39, 0.29) is 18.2 Å². The van der Waals surface area contributed by atoms with Gasteiger partial charge in [-0.05, 0) is 12.1 Å². The Morgan fingerprint density at radius 2 is 2.35 bits per heavy atom. The predicted molar refractivity (Wildman–Crippen MR) is 66.3 cm³/mol. The van der Waals surface area contributed by atoms with Crippen molar-refractivity contribution in [1.82, 2.24) is 0 Å². The van der Waals surface area contributed by atoms with Crippen molar-refractivity contribution in [2.75, 3.05) is 24.4 Å². The largest absolute Gasteiger partial charge is 0.497 e. The van der Waals surface area contributed by atoms with Crippen LogP contribution < -0.4 is 9.64 Å². The zero-order valence-electron chi connectivity index (χ0n) is 9.52. The lowest BCUT2D eigenvalue weighted by atomic mass is 10.2. The van der Waals surface area contributed by atoms with Crippen LogP contribution in [0.2, 0.25) is 0 Å². The molecule has 0 unspecified atom stereocenters. The maximum Gasteiger partial charge on any atom is 0.241 e. The van der Waals surface area contributed by atoms with Crippen LogP contribution in [0.4, 0.5) is 5.69 Å². The van der Waals surface area contributed by atoms with Gasteiger partial charge in [0.05, 0.1) is 19.6 Å². The third kappa shape index (κ3) is 3.65. The highest BCUT2D eigenvalue weighted by atomic mass is 35.5. The molecule has 1 amide bonds. The number of anilines is 1. The molecule has 0 radical (unpaired) electrons. The second-order valence-corrected chi connectivity index (χ2v) is 3.56. The van der Waals surface area contributed by atoms with Crippen LogP contribution in [-0.4, -0.2) is 25.4 Å². The van der Waals surface area contributed by atoms with Crippen molar-refractivity contribution in [2.45, 2.75) is 6.42 Å². The molecule has 0 saturated heterocycles. The summed E-state index contributed by atoms with van der Waals surface area (Å²) in [6.45, 7) is 0.329. The smallest absolute Gasteiger partial charge is 0.241 e. The van der Waals surface area contributed by atoms with E-state index in [0.717, 1.165) is 0 Å². The average Bonchev–Trinajstić information content (AvgIpc) is 2.39. The first-order valence-electron chi connectivity index (χ1n) is 5.10. The summed E-state index contributed by atoms with van der Waals surface area (Å²) >= 11 is 5.54. The highest BCUT2D eigenvalue weighted by Crippen LogP contribution is 2.21. The number of hydrogen-bond donors (Lipinski definition) is 0. The lowest BCUT2D eigenvalue weighted by Gasteiger charge is -2.21. The molecule has 5 heteroatoms. The number of amides is 1. The van der Waals surface area contributed by atoms with Gasteiger partial charge >= 0.3 is 0 Å². The summed E-state index contributed by atoms with van der Waals surface area (Å²) in [6.07, 6.45) is 0.264. The molecular formula is C12H13ClN2O2. The first-order valence-corrected chi connectivity index (χ1v) is 5.63. The van der Waals surface area contributed by atoms with Crippen molar-refractivity contribution in [2.24, 2.45) is 0 Å². The molecule has 0 spiro atoms. The van der Waals surface area contributed by atoms with Gasteiger partial charge in [0.15, 0.2) is 0 Å². The van der Waals surface area contributed by atoms with Crippen LogP contribution >= 0.6 is 11.6 Å². The number of alkyl halides is 1. The highest BCUT2D eigenvalue weighted by molar-refractivity contribution is 6.29. The van der Waals surface area contributed by atoms with Crippen molar-refractivity contribution in [3.8, 4) is 11.8 Å². The Morgan fingerprint density at radius 3 is 2.94 bits per heavy atom. The van der Waals surface area contributed by atoms with E-state index in [0.29, 0.717) is 18.0 Å². The number of methoxy groups -OCH3 is 1. The molecule has 1 rings (SSSR count). The van der Waals surface area contributed by atoms with E-state index in [9.17, 15) is 4.79 Å². The molecule has 0 saturated carbocycles. The first-order chi connectivity index (χ1) is 8.22. The number of nitrogens with zero attached hydrogens (tertiary/aromatic N) is 2. The first kappa shape index (κ1) is 13.3. The minimum absolute atomic E-state index is 0.108. The van der Waals surface area contributed by atoms with Crippen LogP contribution in [-0.2, 0) is 4.79 Å². The molecule has 1 aromatic rings. The summed E-state index contributed by atoms with van der Waals surface area (Å²) in [6, 6.07) is 9.10. The number of rotatable bonds is 5. The van der Waals surface area contributed by atoms with Gasteiger partial charge in [0.2, 0.25) is 5.91 Å². The van der Waals surface area contributed by atoms with E-state index in [1.165, 1.54) is 4.90 Å². The molecule has 0 bridgehead atoms. The number of hydrogen-bond acceptors (Lipinski definition) is 3. The Kier molecular flexibility index (Phi) is 5.31. The molecule has 90 valence electrons. The Balaban J connectivity index is 2.95. The molecule has 0 aromatic heterocycles. The SMILES string of the molecule is COc1cccc(N(CCC#N)C(=O)CCl)c1. The van der Waals surface area contributed by atoms with Gasteiger partial charge in [0, 0.05) is 18.3 Å². The minimum atomic E-state index is -0.227. The molecule has 0 aliphatic carbocycles. The maximum absolute atomic E-state index is 11.7. The summed E-state index contributed by atoms with van der Waals surface area (Å²) < 4.78 is 5.09. The van der Waals surface area contributed by atoms with Gasteiger partial charge in [-0.2, -0.15) is 5.26 Å². The molecule has 0 aliphatic rings. The molecule has 0 heterocycles. The summed E-state index contributed by atoms with van der Waals surface area (Å²) in [5.74, 6) is 0.324. The van der Waals surface area contributed by atoms with E-state index in [2.05, 4.69) is 0 Å². The Morgan fingerprint density at radius 1 is 1.59 bits per heavy atom. The van der Waals surface area contributed by atoms with Crippen LogP contribution in [0.5, 0.6) is 5.75 Å². The van der Waals surface area contributed by atoms with Crippen LogP contribution in [0, 0.1) is 11.3 Å². The molecule has 0 fully saturated rings. The molecule has 17 heavy (non-hydrogen) atoms. The molecule has 1 aromatic carbocycles. The number of benzene rings is 1. The molecule has 0 atom stereocenters. The minimum Gasteiger partial charge on any atom is -0.497 e. The quantitative estimate of drug-likeness (QED) is 0.755. The maximum atomic E-state index is 11.7. The standard InChI is InChI=1S/C12H13ClN2O2/c1-17-11-5-2-4-10(8-11)15(7-3-6-14)12(16)9-13/h2,4-5,8H,3,7,9H2,1H3. The molecule has 4 nitrogen and oxygen atoms in total. The van der Waals surface area contributed by atoms with E-state index >= 15 is 0 Å². The Hall–Kier alpha value is -1.73. The van der Waals surface area contributed by atoms with Gasteiger partial charge in [-0.25, -0.2) is 0 Å². The van der Waals surface area contributed by atoms with Gasteiger partial charge in [-0.3, -0.25) is 4.79 Å². The van der Waals surface area contributed by atoms with Gasteiger partial charge in [0.1, 0.15) is 11.6 Å². The van der Waals surface area contributed by atoms with Gasteiger partial charge in [0.25, 0.3) is 0 Å². The van der Waals surface area contributed by atoms with Crippen molar-refractivity contribution < 1.29 is 9.53 Å². The summed E-state index contributed by atoms with van der Waals surface area (Å²) in [7, 11) is 1.56. The zero-order chi connectivity index (χ0) is 12.7. The van der Waals surface area contributed by atoms with Gasteiger partial charge < -0.3 is 9.64 Å². The lowest BCUT2D eigenvalue weighted by molar-refractivity contribution is -0.116. The summed E-state index contributed by atoms with van der Waals surface area (Å²) in [4.78, 5) is 13.1. The van der Waals surface area contributed by atoms with E-state index in [1.54, 1.807) is 31.4 Å². The molecular weight excluding hydrogens is 240 g/mol. The third-order valence-corrected chi connectivity index (χ3v) is 2.46. The second-order valence-electron chi connectivity index (χ2n) is 3.29. The van der Waals surface area contributed by atoms with Crippen molar-refractivity contribution in [1.29, 1.82) is 5.26 Å². The lowest BCUT2D eigenvalue weighted by Crippen LogP contribution is -2.32. The Labute approximate surface area is 105 Å². The van der Waals surface area contributed by atoms with Gasteiger partial charge in [-0.1, -0.05) is 6.07 Å². The third-order valence-electron chi connectivity index (χ3n) is 2.23. The molecule has 0 N–H and O–H groups in total. The van der Waals surface area contributed by atoms with Crippen LogP contribution in [0.25, 0.3) is 0 Å². The van der Waals surface area contributed by atoms with Crippen molar-refractivity contribution >= 4 is 23.2 Å².